The molecule has 0 aliphatic heterocycles. The molecule has 0 heterocycles. The first-order valence-electron chi connectivity index (χ1n) is 8.18. The summed E-state index contributed by atoms with van der Waals surface area (Å²) in [6, 6.07) is 15.5. The zero-order valence-corrected chi connectivity index (χ0v) is 14.7. The minimum absolute atomic E-state index is 0.0191. The lowest BCUT2D eigenvalue weighted by atomic mass is 10.0. The number of carbonyl (C=O) groups is 1. The van der Waals surface area contributed by atoms with Crippen LogP contribution in [0.5, 0.6) is 5.75 Å². The lowest BCUT2D eigenvalue weighted by Gasteiger charge is -2.08. The summed E-state index contributed by atoms with van der Waals surface area (Å²) in [5.41, 5.74) is 2.97. The third-order valence-electron chi connectivity index (χ3n) is 3.85. The number of aryl methyl sites for hydroxylation is 1. The van der Waals surface area contributed by atoms with Gasteiger partial charge in [0.2, 0.25) is 0 Å². The summed E-state index contributed by atoms with van der Waals surface area (Å²) in [4.78, 5) is 14.4. The zero-order chi connectivity index (χ0) is 17.4. The standard InChI is InChI=1S/C21H25NO2/c1-22(2)16-4-5-17-6-11-19(12-7-17)21(23)15-10-18-8-13-20(24-3)14-9-18/h6-15H,4-5,16H2,1-3H3/b15-10+. The Kier molecular flexibility index (Phi) is 6.76. The Bertz CT molecular complexity index is 670. The predicted octanol–water partition coefficient (Wildman–Crippen LogP) is 4.09. The van der Waals surface area contributed by atoms with Crippen LogP contribution in [0, 0.1) is 0 Å². The molecule has 2 aromatic rings. The van der Waals surface area contributed by atoms with Crippen LogP contribution in [0.4, 0.5) is 0 Å². The summed E-state index contributed by atoms with van der Waals surface area (Å²) < 4.78 is 5.12. The molecule has 24 heavy (non-hydrogen) atoms. The molecule has 0 aliphatic rings. The van der Waals surface area contributed by atoms with E-state index in [0.29, 0.717) is 0 Å². The molecular weight excluding hydrogens is 298 g/mol. The fourth-order valence-corrected chi connectivity index (χ4v) is 2.42. The van der Waals surface area contributed by atoms with E-state index in [-0.39, 0.29) is 5.78 Å². The van der Waals surface area contributed by atoms with E-state index in [9.17, 15) is 4.79 Å². The first kappa shape index (κ1) is 18.0. The number of allylic oxidation sites excluding steroid dienone is 1. The van der Waals surface area contributed by atoms with Gasteiger partial charge in [0.25, 0.3) is 0 Å². The van der Waals surface area contributed by atoms with E-state index in [1.807, 2.05) is 54.6 Å². The number of hydrogen-bond acceptors (Lipinski definition) is 3. The Labute approximate surface area is 144 Å². The van der Waals surface area contributed by atoms with E-state index in [0.717, 1.165) is 36.3 Å². The van der Waals surface area contributed by atoms with Gasteiger partial charge in [0.1, 0.15) is 5.75 Å². The van der Waals surface area contributed by atoms with Gasteiger partial charge in [-0.3, -0.25) is 4.79 Å². The first-order valence-corrected chi connectivity index (χ1v) is 8.18. The van der Waals surface area contributed by atoms with Crippen molar-refractivity contribution in [3.05, 3.63) is 71.3 Å². The zero-order valence-electron chi connectivity index (χ0n) is 14.7. The van der Waals surface area contributed by atoms with Gasteiger partial charge < -0.3 is 9.64 Å². The molecule has 0 bridgehead atoms. The molecule has 0 fully saturated rings. The van der Waals surface area contributed by atoms with Crippen LogP contribution in [0.25, 0.3) is 6.08 Å². The smallest absolute Gasteiger partial charge is 0.185 e. The van der Waals surface area contributed by atoms with Crippen molar-refractivity contribution in [2.24, 2.45) is 0 Å². The van der Waals surface area contributed by atoms with Gasteiger partial charge in [-0.1, -0.05) is 42.5 Å². The number of hydrogen-bond donors (Lipinski definition) is 0. The van der Waals surface area contributed by atoms with Gasteiger partial charge in [0.15, 0.2) is 5.78 Å². The molecule has 0 amide bonds. The second kappa shape index (κ2) is 9.04. The molecule has 0 atom stereocenters. The van der Waals surface area contributed by atoms with Crippen molar-refractivity contribution in [3.63, 3.8) is 0 Å². The molecule has 0 aromatic heterocycles. The van der Waals surface area contributed by atoms with E-state index in [4.69, 9.17) is 4.74 Å². The van der Waals surface area contributed by atoms with Crippen LogP contribution in [0.15, 0.2) is 54.6 Å². The van der Waals surface area contributed by atoms with Crippen molar-refractivity contribution >= 4 is 11.9 Å². The maximum atomic E-state index is 12.2. The summed E-state index contributed by atoms with van der Waals surface area (Å²) in [7, 11) is 5.80. The monoisotopic (exact) mass is 323 g/mol. The molecule has 2 aromatic carbocycles. The maximum Gasteiger partial charge on any atom is 0.185 e. The highest BCUT2D eigenvalue weighted by Gasteiger charge is 2.02. The number of benzene rings is 2. The number of rotatable bonds is 8. The molecule has 0 saturated heterocycles. The normalized spacial score (nSPS) is 11.2. The minimum Gasteiger partial charge on any atom is -0.497 e. The summed E-state index contributed by atoms with van der Waals surface area (Å²) in [6.45, 7) is 1.07. The fourth-order valence-electron chi connectivity index (χ4n) is 2.42. The number of ether oxygens (including phenoxy) is 1. The molecule has 0 spiro atoms. The van der Waals surface area contributed by atoms with E-state index in [1.54, 1.807) is 13.2 Å². The molecule has 0 aliphatic carbocycles. The van der Waals surface area contributed by atoms with Gasteiger partial charge in [-0.25, -0.2) is 0 Å². The number of carbonyl (C=O) groups excluding carboxylic acids is 1. The number of methoxy groups -OCH3 is 1. The van der Waals surface area contributed by atoms with Gasteiger partial charge in [-0.05, 0) is 62.8 Å². The van der Waals surface area contributed by atoms with E-state index < -0.39 is 0 Å². The molecule has 0 N–H and O–H groups in total. The average Bonchev–Trinajstić information content (AvgIpc) is 2.60. The number of ketones is 1. The Hall–Kier alpha value is -2.39. The molecule has 0 unspecified atom stereocenters. The molecule has 126 valence electrons. The second-order valence-corrected chi connectivity index (χ2v) is 6.07. The largest absolute Gasteiger partial charge is 0.497 e. The van der Waals surface area contributed by atoms with Crippen LogP contribution in [-0.4, -0.2) is 38.4 Å². The third-order valence-corrected chi connectivity index (χ3v) is 3.85. The van der Waals surface area contributed by atoms with Crippen LogP contribution in [0.1, 0.15) is 27.9 Å². The lowest BCUT2D eigenvalue weighted by Crippen LogP contribution is -2.13. The minimum atomic E-state index is 0.0191. The van der Waals surface area contributed by atoms with E-state index in [1.165, 1.54) is 5.56 Å². The second-order valence-electron chi connectivity index (χ2n) is 6.07. The summed E-state index contributed by atoms with van der Waals surface area (Å²) in [5.74, 6) is 0.828. The summed E-state index contributed by atoms with van der Waals surface area (Å²) >= 11 is 0. The quantitative estimate of drug-likeness (QED) is 0.541. The van der Waals surface area contributed by atoms with Gasteiger partial charge in [0, 0.05) is 5.56 Å². The first-order chi connectivity index (χ1) is 11.6. The van der Waals surface area contributed by atoms with Gasteiger partial charge in [-0.15, -0.1) is 0 Å². The Morgan fingerprint density at radius 1 is 1.04 bits per heavy atom. The topological polar surface area (TPSA) is 29.5 Å². The highest BCUT2D eigenvalue weighted by Crippen LogP contribution is 2.13. The van der Waals surface area contributed by atoms with Crippen LogP contribution >= 0.6 is 0 Å². The highest BCUT2D eigenvalue weighted by molar-refractivity contribution is 6.06. The van der Waals surface area contributed by atoms with Crippen molar-refractivity contribution in [2.75, 3.05) is 27.7 Å². The van der Waals surface area contributed by atoms with Crippen LogP contribution < -0.4 is 4.74 Å². The van der Waals surface area contributed by atoms with Crippen LogP contribution in [-0.2, 0) is 6.42 Å². The van der Waals surface area contributed by atoms with E-state index >= 15 is 0 Å². The van der Waals surface area contributed by atoms with Gasteiger partial charge in [-0.2, -0.15) is 0 Å². The Morgan fingerprint density at radius 2 is 1.71 bits per heavy atom. The SMILES string of the molecule is COc1ccc(/C=C/C(=O)c2ccc(CCCN(C)C)cc2)cc1. The molecule has 3 heteroatoms. The lowest BCUT2D eigenvalue weighted by molar-refractivity contribution is 0.104. The van der Waals surface area contributed by atoms with Crippen molar-refractivity contribution in [2.45, 2.75) is 12.8 Å². The summed E-state index contributed by atoms with van der Waals surface area (Å²) in [6.07, 6.45) is 5.60. The van der Waals surface area contributed by atoms with Crippen molar-refractivity contribution < 1.29 is 9.53 Å². The van der Waals surface area contributed by atoms with Crippen LogP contribution in [0.3, 0.4) is 0 Å². The molecule has 0 saturated carbocycles. The van der Waals surface area contributed by atoms with E-state index in [2.05, 4.69) is 19.0 Å². The van der Waals surface area contributed by atoms with Crippen molar-refractivity contribution in [3.8, 4) is 5.75 Å². The Morgan fingerprint density at radius 3 is 2.29 bits per heavy atom. The molecular formula is C21H25NO2. The van der Waals surface area contributed by atoms with Gasteiger partial charge in [0.05, 0.1) is 7.11 Å². The molecule has 2 rings (SSSR count). The van der Waals surface area contributed by atoms with Gasteiger partial charge >= 0.3 is 0 Å². The Balaban J connectivity index is 1.92. The third kappa shape index (κ3) is 5.67. The molecule has 3 nitrogen and oxygen atoms in total. The van der Waals surface area contributed by atoms with Crippen LogP contribution in [0.2, 0.25) is 0 Å². The molecule has 0 radical (unpaired) electrons. The maximum absolute atomic E-state index is 12.2. The predicted molar refractivity (Wildman–Crippen MR) is 99.7 cm³/mol. The highest BCUT2D eigenvalue weighted by atomic mass is 16.5. The van der Waals surface area contributed by atoms with Crippen molar-refractivity contribution in [1.29, 1.82) is 0 Å². The number of nitrogens with zero attached hydrogens (tertiary/aromatic N) is 1. The summed E-state index contributed by atoms with van der Waals surface area (Å²) in [5, 5.41) is 0. The van der Waals surface area contributed by atoms with Crippen molar-refractivity contribution in [1.82, 2.24) is 4.90 Å². The fraction of sp³-hybridized carbons (Fsp3) is 0.286. The average molecular weight is 323 g/mol.